The Bertz CT molecular complexity index is 1630. The van der Waals surface area contributed by atoms with Crippen LogP contribution in [-0.4, -0.2) is 61.1 Å². The number of halogens is 6. The minimum atomic E-state index is -5.08. The van der Waals surface area contributed by atoms with Gasteiger partial charge in [0.15, 0.2) is 0 Å². The monoisotopic (exact) mass is 682 g/mol. The zero-order valence-corrected chi connectivity index (χ0v) is 25.4. The molecular weight excluding hydrogens is 650 g/mol. The largest absolute Gasteiger partial charge is 0.490 e. The first-order chi connectivity index (χ1) is 22.5. The first kappa shape index (κ1) is 38.9. The van der Waals surface area contributed by atoms with Gasteiger partial charge in [0.05, 0.1) is 17.9 Å². The van der Waals surface area contributed by atoms with Gasteiger partial charge >= 0.3 is 24.3 Å². The molecule has 2 aromatic carbocycles. The highest BCUT2D eigenvalue weighted by atomic mass is 19.4. The van der Waals surface area contributed by atoms with Crippen LogP contribution in [0.3, 0.4) is 0 Å². The Labute approximate surface area is 270 Å². The fourth-order valence-electron chi connectivity index (χ4n) is 4.05. The van der Waals surface area contributed by atoms with Crippen molar-refractivity contribution >= 4 is 34.4 Å². The summed E-state index contributed by atoms with van der Waals surface area (Å²) < 4.78 is 63.5. The second kappa shape index (κ2) is 18.2. The molecule has 0 unspecified atom stereocenters. The highest BCUT2D eigenvalue weighted by Gasteiger charge is 2.38. The number of imidazole rings is 1. The number of pyridine rings is 1. The molecular formula is C32H32F6N4O6. The minimum Gasteiger partial charge on any atom is -0.475 e. The number of hydrogen-bond acceptors (Lipinski definition) is 6. The van der Waals surface area contributed by atoms with Crippen molar-refractivity contribution in [3.63, 3.8) is 0 Å². The number of unbranched alkanes of at least 4 members (excludes halogenated alkanes) is 2. The molecule has 4 aromatic rings. The molecule has 0 saturated carbocycles. The van der Waals surface area contributed by atoms with Gasteiger partial charge in [-0.2, -0.15) is 26.3 Å². The van der Waals surface area contributed by atoms with E-state index in [1.807, 2.05) is 67.7 Å². The predicted octanol–water partition coefficient (Wildman–Crippen LogP) is 7.29. The van der Waals surface area contributed by atoms with Crippen LogP contribution >= 0.6 is 0 Å². The zero-order valence-electron chi connectivity index (χ0n) is 25.4. The van der Waals surface area contributed by atoms with E-state index in [-0.39, 0.29) is 11.9 Å². The highest BCUT2D eigenvalue weighted by molar-refractivity contribution is 5.98. The number of carbonyl (C=O) groups is 4. The summed E-state index contributed by atoms with van der Waals surface area (Å²) >= 11 is 0. The summed E-state index contributed by atoms with van der Waals surface area (Å²) in [5.41, 5.74) is 2.57. The zero-order chi connectivity index (χ0) is 35.9. The number of ketones is 1. The lowest BCUT2D eigenvalue weighted by atomic mass is 10.0. The lowest BCUT2D eigenvalue weighted by molar-refractivity contribution is -0.193. The fraction of sp³-hybridized carbons (Fsp3) is 0.312. The number of benzene rings is 2. The number of aromatic nitrogens is 3. The number of H-pyrrole nitrogens is 1. The Morgan fingerprint density at radius 1 is 0.833 bits per heavy atom. The lowest BCUT2D eigenvalue weighted by Gasteiger charge is -2.17. The fourth-order valence-corrected chi connectivity index (χ4v) is 4.05. The maximum Gasteiger partial charge on any atom is 0.490 e. The molecule has 0 aliphatic heterocycles. The molecule has 16 heteroatoms. The molecule has 0 fully saturated rings. The van der Waals surface area contributed by atoms with Crippen molar-refractivity contribution in [2.45, 2.75) is 63.8 Å². The molecule has 0 saturated heterocycles. The van der Waals surface area contributed by atoms with Crippen LogP contribution in [-0.2, 0) is 14.4 Å². The van der Waals surface area contributed by atoms with Crippen LogP contribution in [0.25, 0.3) is 22.0 Å². The molecule has 2 aromatic heterocycles. The molecule has 2 heterocycles. The van der Waals surface area contributed by atoms with Gasteiger partial charge in [-0.05, 0) is 42.0 Å². The molecule has 0 aliphatic carbocycles. The molecule has 0 spiro atoms. The summed E-state index contributed by atoms with van der Waals surface area (Å²) in [6, 6.07) is 17.3. The molecule has 1 amide bonds. The van der Waals surface area contributed by atoms with Crippen LogP contribution < -0.4 is 5.32 Å². The van der Waals surface area contributed by atoms with Crippen LogP contribution in [0.1, 0.15) is 67.7 Å². The summed E-state index contributed by atoms with van der Waals surface area (Å²) in [7, 11) is 0. The molecule has 48 heavy (non-hydrogen) atoms. The second-order valence-electron chi connectivity index (χ2n) is 10.1. The number of hydrogen-bond donors (Lipinski definition) is 4. The molecule has 0 radical (unpaired) electrons. The van der Waals surface area contributed by atoms with E-state index in [2.05, 4.69) is 20.3 Å². The Morgan fingerprint density at radius 2 is 1.46 bits per heavy atom. The van der Waals surface area contributed by atoms with Gasteiger partial charge in [0.1, 0.15) is 11.6 Å². The lowest BCUT2D eigenvalue weighted by Crippen LogP contribution is -2.29. The third-order valence-corrected chi connectivity index (χ3v) is 6.55. The molecule has 4 N–H and O–H groups in total. The number of carboxylic acids is 2. The number of carboxylic acid groups (broad SMARTS) is 2. The number of amides is 1. The summed E-state index contributed by atoms with van der Waals surface area (Å²) in [5.74, 6) is -4.61. The van der Waals surface area contributed by atoms with Gasteiger partial charge in [0.25, 0.3) is 5.91 Å². The number of Topliss-reactive ketones (excluding diaryl/α,β-unsaturated/α-hetero) is 1. The second-order valence-corrected chi connectivity index (χ2v) is 10.1. The smallest absolute Gasteiger partial charge is 0.475 e. The highest BCUT2D eigenvalue weighted by Crippen LogP contribution is 2.24. The average Bonchev–Trinajstić information content (AvgIpc) is 3.54. The number of aromatic amines is 1. The van der Waals surface area contributed by atoms with Crippen molar-refractivity contribution < 1.29 is 55.7 Å². The average molecular weight is 683 g/mol. The summed E-state index contributed by atoms with van der Waals surface area (Å²) in [6.07, 6.45) is -0.174. The Kier molecular flexibility index (Phi) is 14.7. The summed E-state index contributed by atoms with van der Waals surface area (Å²) in [5, 5.41) is 19.4. The number of alkyl halides is 6. The molecule has 10 nitrogen and oxygen atoms in total. The number of aliphatic carboxylic acids is 2. The van der Waals surface area contributed by atoms with E-state index >= 15 is 0 Å². The van der Waals surface area contributed by atoms with Crippen molar-refractivity contribution in [2.24, 2.45) is 0 Å². The first-order valence-electron chi connectivity index (χ1n) is 14.4. The van der Waals surface area contributed by atoms with Crippen molar-refractivity contribution in [2.75, 3.05) is 0 Å². The molecule has 258 valence electrons. The Morgan fingerprint density at radius 3 is 2.04 bits per heavy atom. The van der Waals surface area contributed by atoms with Crippen molar-refractivity contribution in [3.8, 4) is 11.3 Å². The third kappa shape index (κ3) is 13.2. The van der Waals surface area contributed by atoms with E-state index in [0.717, 1.165) is 53.5 Å². The number of rotatable bonds is 11. The summed E-state index contributed by atoms with van der Waals surface area (Å²) in [6.45, 7) is 1.90. The Hall–Kier alpha value is -5.28. The Balaban J connectivity index is 0.000000479. The van der Waals surface area contributed by atoms with Gasteiger partial charge in [-0.3, -0.25) is 14.6 Å². The van der Waals surface area contributed by atoms with Crippen LogP contribution in [0.5, 0.6) is 0 Å². The number of fused-ring (bicyclic) bond motifs is 1. The van der Waals surface area contributed by atoms with E-state index in [0.29, 0.717) is 24.2 Å². The van der Waals surface area contributed by atoms with Gasteiger partial charge < -0.3 is 20.5 Å². The van der Waals surface area contributed by atoms with Gasteiger partial charge in [0, 0.05) is 36.2 Å². The van der Waals surface area contributed by atoms with Gasteiger partial charge in [-0.1, -0.05) is 56.2 Å². The standard InChI is InChI=1S/C28H30N4O2.2C2HF3O2/c1-2-24(33)11-7-4-8-12-25(27-30-19-26(31-27)20-9-5-3-6-10-20)32-28(34)22-13-14-23-18-29-16-15-21(23)17-22;2*3-2(4,5)1(6)7/h3,5-6,9-10,13-19,25H,2,4,7-8,11-12H2,1H3,(H,30,31)(H,32,34);2*(H,6,7)/t25-;;/m0../s1. The van der Waals surface area contributed by atoms with Crippen LogP contribution in [0.15, 0.2) is 73.2 Å². The van der Waals surface area contributed by atoms with E-state index < -0.39 is 24.3 Å². The summed E-state index contributed by atoms with van der Waals surface area (Å²) in [4.78, 5) is 54.7. The van der Waals surface area contributed by atoms with E-state index in [4.69, 9.17) is 19.8 Å². The quantitative estimate of drug-likeness (QED) is 0.0947. The van der Waals surface area contributed by atoms with Crippen LogP contribution in [0.2, 0.25) is 0 Å². The SMILES string of the molecule is CCC(=O)CCCCC[C@H](NC(=O)c1ccc2cnccc2c1)c1ncc(-c2ccccc2)[nH]1.O=C(O)C(F)(F)F.O=C(O)C(F)(F)F. The van der Waals surface area contributed by atoms with E-state index in [1.165, 1.54) is 0 Å². The van der Waals surface area contributed by atoms with Gasteiger partial charge in [0.2, 0.25) is 0 Å². The number of nitrogens with zero attached hydrogens (tertiary/aromatic N) is 2. The molecule has 4 rings (SSSR count). The number of carbonyl (C=O) groups excluding carboxylic acids is 2. The molecule has 1 atom stereocenters. The van der Waals surface area contributed by atoms with Crippen LogP contribution in [0, 0.1) is 0 Å². The van der Waals surface area contributed by atoms with Crippen molar-refractivity contribution in [1.82, 2.24) is 20.3 Å². The molecule has 0 bridgehead atoms. The van der Waals surface area contributed by atoms with E-state index in [9.17, 15) is 35.9 Å². The third-order valence-electron chi connectivity index (χ3n) is 6.55. The normalized spacial score (nSPS) is 11.7. The van der Waals surface area contributed by atoms with E-state index in [1.54, 1.807) is 12.4 Å². The van der Waals surface area contributed by atoms with Gasteiger partial charge in [-0.25, -0.2) is 14.6 Å². The van der Waals surface area contributed by atoms with Gasteiger partial charge in [-0.15, -0.1) is 0 Å². The first-order valence-corrected chi connectivity index (χ1v) is 14.4. The molecule has 0 aliphatic rings. The topological polar surface area (TPSA) is 162 Å². The number of nitrogens with one attached hydrogen (secondary N) is 2. The van der Waals surface area contributed by atoms with Crippen LogP contribution in [0.4, 0.5) is 26.3 Å². The predicted molar refractivity (Wildman–Crippen MR) is 162 cm³/mol. The maximum absolute atomic E-state index is 13.2. The van der Waals surface area contributed by atoms with Crippen molar-refractivity contribution in [1.29, 1.82) is 0 Å². The minimum absolute atomic E-state index is 0.137. The van der Waals surface area contributed by atoms with Crippen molar-refractivity contribution in [3.05, 3.63) is 84.6 Å². The maximum atomic E-state index is 13.2.